The number of anilines is 1. The summed E-state index contributed by atoms with van der Waals surface area (Å²) < 4.78 is 29.9. The van der Waals surface area contributed by atoms with E-state index in [1.54, 1.807) is 6.07 Å². The third-order valence-electron chi connectivity index (χ3n) is 4.08. The number of aromatic nitrogens is 2. The monoisotopic (exact) mass is 485 g/mol. The molecule has 0 fully saturated rings. The minimum absolute atomic E-state index is 0.103. The number of carbonyl (C=O) groups is 1. The quantitative estimate of drug-likeness (QED) is 0.165. The van der Waals surface area contributed by atoms with E-state index in [4.69, 9.17) is 4.18 Å². The van der Waals surface area contributed by atoms with Crippen molar-refractivity contribution >= 4 is 44.3 Å². The Morgan fingerprint density at radius 2 is 1.94 bits per heavy atom. The number of carbonyl (C=O) groups excluding carboxylic acids is 1. The maximum Gasteiger partial charge on any atom is 0.346 e. The Bertz CT molecular complexity index is 1370. The zero-order valence-corrected chi connectivity index (χ0v) is 18.6. The van der Waals surface area contributed by atoms with Crippen molar-refractivity contribution in [2.75, 3.05) is 5.32 Å². The van der Waals surface area contributed by atoms with Gasteiger partial charge in [-0.25, -0.2) is 0 Å². The fraction of sp³-hybridized carbons (Fsp3) is 0.100. The van der Waals surface area contributed by atoms with Crippen molar-refractivity contribution in [3.8, 4) is 11.8 Å². The summed E-state index contributed by atoms with van der Waals surface area (Å²) in [6, 6.07) is 12.1. The van der Waals surface area contributed by atoms with Gasteiger partial charge in [-0.3, -0.25) is 20.2 Å². The largest absolute Gasteiger partial charge is 0.379 e. The van der Waals surface area contributed by atoms with E-state index in [-0.39, 0.29) is 16.5 Å². The highest BCUT2D eigenvalue weighted by atomic mass is 32.2. The second-order valence-corrected chi connectivity index (χ2v) is 8.89. The molecule has 13 heteroatoms. The zero-order valence-electron chi connectivity index (χ0n) is 17.0. The summed E-state index contributed by atoms with van der Waals surface area (Å²) in [4.78, 5) is 22.0. The van der Waals surface area contributed by atoms with Gasteiger partial charge < -0.3 is 4.18 Å². The van der Waals surface area contributed by atoms with Crippen LogP contribution in [0.1, 0.15) is 17.5 Å². The fourth-order valence-corrected chi connectivity index (χ4v) is 4.31. The van der Waals surface area contributed by atoms with Crippen molar-refractivity contribution in [2.24, 2.45) is 0 Å². The van der Waals surface area contributed by atoms with Gasteiger partial charge in [-0.1, -0.05) is 42.5 Å². The molecule has 0 aliphatic heterocycles. The summed E-state index contributed by atoms with van der Waals surface area (Å²) in [6.45, 7) is 1.90. The number of aryl methyl sites for hydroxylation is 1. The molecule has 0 saturated heterocycles. The molecule has 1 amide bonds. The Morgan fingerprint density at radius 1 is 1.24 bits per heavy atom. The molecule has 168 valence electrons. The van der Waals surface area contributed by atoms with Gasteiger partial charge in [0.25, 0.3) is 11.6 Å². The number of hydrogen-bond acceptors (Lipinski definition) is 10. The van der Waals surface area contributed by atoms with Crippen LogP contribution in [0.2, 0.25) is 0 Å². The van der Waals surface area contributed by atoms with Crippen LogP contribution in [-0.2, 0) is 21.3 Å². The lowest BCUT2D eigenvalue weighted by Crippen LogP contribution is -2.13. The van der Waals surface area contributed by atoms with Gasteiger partial charge in [-0.15, -0.1) is 10.2 Å². The first-order valence-electron chi connectivity index (χ1n) is 9.27. The van der Waals surface area contributed by atoms with Gasteiger partial charge in [0.15, 0.2) is 4.90 Å². The van der Waals surface area contributed by atoms with Crippen LogP contribution >= 0.6 is 11.3 Å². The number of nitro groups is 1. The summed E-state index contributed by atoms with van der Waals surface area (Å²) >= 11 is 1.20. The first-order chi connectivity index (χ1) is 15.7. The van der Waals surface area contributed by atoms with Crippen molar-refractivity contribution < 1.29 is 22.3 Å². The van der Waals surface area contributed by atoms with Crippen molar-refractivity contribution in [1.29, 1.82) is 5.26 Å². The lowest BCUT2D eigenvalue weighted by Gasteiger charge is -2.07. The fourth-order valence-electron chi connectivity index (χ4n) is 2.54. The van der Waals surface area contributed by atoms with Crippen molar-refractivity contribution in [2.45, 2.75) is 18.2 Å². The summed E-state index contributed by atoms with van der Waals surface area (Å²) in [5, 5.41) is 31.6. The van der Waals surface area contributed by atoms with Gasteiger partial charge in [-0.2, -0.15) is 13.7 Å². The van der Waals surface area contributed by atoms with E-state index < -0.39 is 31.5 Å². The van der Waals surface area contributed by atoms with E-state index in [0.717, 1.165) is 17.1 Å². The van der Waals surface area contributed by atoms with Crippen LogP contribution in [-0.4, -0.2) is 29.4 Å². The number of nitriles is 1. The molecule has 33 heavy (non-hydrogen) atoms. The minimum atomic E-state index is -4.46. The Morgan fingerprint density at radius 3 is 2.55 bits per heavy atom. The highest BCUT2D eigenvalue weighted by Gasteiger charge is 2.27. The van der Waals surface area contributed by atoms with Gasteiger partial charge in [0.1, 0.15) is 22.4 Å². The van der Waals surface area contributed by atoms with E-state index in [1.165, 1.54) is 53.8 Å². The van der Waals surface area contributed by atoms with E-state index in [0.29, 0.717) is 12.0 Å². The molecule has 0 saturated carbocycles. The minimum Gasteiger partial charge on any atom is -0.379 e. The molecule has 0 unspecified atom stereocenters. The Kier molecular flexibility index (Phi) is 7.11. The molecule has 0 spiro atoms. The maximum absolute atomic E-state index is 12.5. The van der Waals surface area contributed by atoms with E-state index >= 15 is 0 Å². The van der Waals surface area contributed by atoms with Crippen LogP contribution < -0.4 is 9.50 Å². The number of nitrogens with one attached hydrogen (secondary N) is 1. The summed E-state index contributed by atoms with van der Waals surface area (Å²) in [5.41, 5.74) is -0.392. The lowest BCUT2D eigenvalue weighted by molar-refractivity contribution is -0.387. The maximum atomic E-state index is 12.5. The van der Waals surface area contributed by atoms with Crippen LogP contribution in [0.4, 0.5) is 10.8 Å². The summed E-state index contributed by atoms with van der Waals surface area (Å²) in [7, 11) is -4.46. The molecule has 3 rings (SSSR count). The number of benzene rings is 2. The normalized spacial score (nSPS) is 11.5. The zero-order chi connectivity index (χ0) is 24.0. The highest BCUT2D eigenvalue weighted by molar-refractivity contribution is 7.87. The van der Waals surface area contributed by atoms with Crippen LogP contribution in [0.3, 0.4) is 0 Å². The average Bonchev–Trinajstić information content (AvgIpc) is 3.25. The van der Waals surface area contributed by atoms with E-state index in [2.05, 4.69) is 15.5 Å². The van der Waals surface area contributed by atoms with E-state index in [9.17, 15) is 28.6 Å². The van der Waals surface area contributed by atoms with E-state index in [1.807, 2.05) is 6.92 Å². The first-order valence-corrected chi connectivity index (χ1v) is 11.5. The number of para-hydroxylation sites is 1. The van der Waals surface area contributed by atoms with Gasteiger partial charge in [0.05, 0.1) is 4.92 Å². The number of hydrogen-bond donors (Lipinski definition) is 1. The van der Waals surface area contributed by atoms with Crippen LogP contribution in [0.15, 0.2) is 59.0 Å². The molecule has 0 bridgehead atoms. The second-order valence-electron chi connectivity index (χ2n) is 6.31. The Hall–Kier alpha value is -4.15. The van der Waals surface area contributed by atoms with Crippen LogP contribution in [0, 0.1) is 21.4 Å². The highest BCUT2D eigenvalue weighted by Crippen LogP contribution is 2.27. The smallest absolute Gasteiger partial charge is 0.346 e. The van der Waals surface area contributed by atoms with Crippen LogP contribution in [0.25, 0.3) is 6.08 Å². The molecule has 1 N–H and O–H groups in total. The summed E-state index contributed by atoms with van der Waals surface area (Å²) in [5.74, 6) is -0.773. The van der Waals surface area contributed by atoms with Crippen molar-refractivity contribution in [3.63, 3.8) is 0 Å². The molecule has 3 aromatic rings. The number of rotatable bonds is 8. The molecular weight excluding hydrogens is 470 g/mol. The second kappa shape index (κ2) is 9.98. The lowest BCUT2D eigenvalue weighted by atomic mass is 10.1. The first kappa shape index (κ1) is 23.5. The van der Waals surface area contributed by atoms with Crippen LogP contribution in [0.5, 0.6) is 5.75 Å². The van der Waals surface area contributed by atoms with Gasteiger partial charge in [-0.05, 0) is 36.3 Å². The molecule has 0 aliphatic rings. The predicted molar refractivity (Wildman–Crippen MR) is 119 cm³/mol. The average molecular weight is 486 g/mol. The molecular formula is C20H15N5O6S2. The SMILES string of the molecule is CCc1nnc(NC(=O)/C(C#N)=C\c2ccc(OS(=O)(=O)c3ccccc3[N+](=O)[O-])cc2)s1. The van der Waals surface area contributed by atoms with Gasteiger partial charge in [0, 0.05) is 6.07 Å². The molecule has 1 aromatic heterocycles. The number of amides is 1. The topological polar surface area (TPSA) is 165 Å². The standard InChI is InChI=1S/C20H15N5O6S2/c1-2-18-23-24-20(32-18)22-19(26)14(12-21)11-13-7-9-15(10-8-13)31-33(29,30)17-6-4-3-5-16(17)25(27)28/h3-11H,2H2,1H3,(H,22,24,26)/b14-11-. The molecule has 0 atom stereocenters. The van der Waals surface area contributed by atoms with Crippen molar-refractivity contribution in [3.05, 3.63) is 74.8 Å². The molecule has 0 radical (unpaired) electrons. The predicted octanol–water partition coefficient (Wildman–Crippen LogP) is 3.32. The summed E-state index contributed by atoms with van der Waals surface area (Å²) in [6.07, 6.45) is 1.97. The van der Waals surface area contributed by atoms with Gasteiger partial charge >= 0.3 is 10.1 Å². The molecule has 2 aromatic carbocycles. The Labute approximate surface area is 192 Å². The Balaban J connectivity index is 1.76. The van der Waals surface area contributed by atoms with Crippen molar-refractivity contribution in [1.82, 2.24) is 10.2 Å². The number of nitro benzene ring substituents is 1. The molecule has 11 nitrogen and oxygen atoms in total. The third-order valence-corrected chi connectivity index (χ3v) is 6.36. The molecule has 1 heterocycles. The number of nitrogens with zero attached hydrogens (tertiary/aromatic N) is 4. The molecule has 0 aliphatic carbocycles. The van der Waals surface area contributed by atoms with Gasteiger partial charge in [0.2, 0.25) is 5.13 Å². The third kappa shape index (κ3) is 5.76.